The van der Waals surface area contributed by atoms with Gasteiger partial charge in [0.25, 0.3) is 0 Å². The lowest BCUT2D eigenvalue weighted by Gasteiger charge is -2.34. The molecule has 2 N–H and O–H groups in total. The summed E-state index contributed by atoms with van der Waals surface area (Å²) in [6.45, 7) is 5.83. The van der Waals surface area contributed by atoms with Crippen molar-refractivity contribution in [3.8, 4) is 0 Å². The van der Waals surface area contributed by atoms with Crippen molar-refractivity contribution in [3.05, 3.63) is 0 Å². The van der Waals surface area contributed by atoms with Crippen molar-refractivity contribution in [2.75, 3.05) is 19.7 Å². The Labute approximate surface area is 111 Å². The molecule has 1 rings (SSSR count). The van der Waals surface area contributed by atoms with E-state index in [1.165, 1.54) is 19.3 Å². The molecular formula is C14H28N2O2. The lowest BCUT2D eigenvalue weighted by molar-refractivity contribution is -0.136. The summed E-state index contributed by atoms with van der Waals surface area (Å²) in [5.41, 5.74) is 5.63. The number of carbonyl (C=O) groups excluding carboxylic acids is 1. The first-order valence-corrected chi connectivity index (χ1v) is 7.34. The van der Waals surface area contributed by atoms with Crippen molar-refractivity contribution in [1.82, 2.24) is 4.90 Å². The molecular weight excluding hydrogens is 228 g/mol. The average Bonchev–Trinajstić information content (AvgIpc) is 2.40. The Morgan fingerprint density at radius 1 is 1.33 bits per heavy atom. The smallest absolute Gasteiger partial charge is 0.225 e. The van der Waals surface area contributed by atoms with E-state index in [4.69, 9.17) is 10.5 Å². The number of hydrogen-bond donors (Lipinski definition) is 1. The monoisotopic (exact) mass is 256 g/mol. The SMILES string of the molecule is CCOC(CN)CC(=O)N(CC)C1CCCCC1. The second-order valence-electron chi connectivity index (χ2n) is 4.99. The number of nitrogens with two attached hydrogens (primary N) is 1. The van der Waals surface area contributed by atoms with E-state index in [9.17, 15) is 4.79 Å². The zero-order valence-electron chi connectivity index (χ0n) is 11.9. The van der Waals surface area contributed by atoms with Gasteiger partial charge in [-0.3, -0.25) is 4.79 Å². The molecule has 1 aliphatic rings. The van der Waals surface area contributed by atoms with Gasteiger partial charge in [0.05, 0.1) is 12.5 Å². The summed E-state index contributed by atoms with van der Waals surface area (Å²) >= 11 is 0. The lowest BCUT2D eigenvalue weighted by Crippen LogP contribution is -2.43. The minimum atomic E-state index is -0.125. The van der Waals surface area contributed by atoms with E-state index in [0.29, 0.717) is 25.6 Å². The van der Waals surface area contributed by atoms with Crippen LogP contribution in [-0.4, -0.2) is 42.6 Å². The van der Waals surface area contributed by atoms with Crippen LogP contribution >= 0.6 is 0 Å². The Hall–Kier alpha value is -0.610. The van der Waals surface area contributed by atoms with Crippen molar-refractivity contribution < 1.29 is 9.53 Å². The number of ether oxygens (including phenoxy) is 1. The van der Waals surface area contributed by atoms with Gasteiger partial charge in [-0.25, -0.2) is 0 Å². The summed E-state index contributed by atoms with van der Waals surface area (Å²) in [4.78, 5) is 14.3. The van der Waals surface area contributed by atoms with Gasteiger partial charge in [-0.1, -0.05) is 19.3 Å². The Morgan fingerprint density at radius 2 is 2.00 bits per heavy atom. The Balaban J connectivity index is 2.49. The summed E-state index contributed by atoms with van der Waals surface area (Å²) in [5, 5.41) is 0. The van der Waals surface area contributed by atoms with Crippen LogP contribution in [-0.2, 0) is 9.53 Å². The summed E-state index contributed by atoms with van der Waals surface area (Å²) < 4.78 is 5.47. The largest absolute Gasteiger partial charge is 0.377 e. The highest BCUT2D eigenvalue weighted by Gasteiger charge is 2.25. The summed E-state index contributed by atoms with van der Waals surface area (Å²) in [6, 6.07) is 0.441. The van der Waals surface area contributed by atoms with E-state index in [1.54, 1.807) is 0 Å². The van der Waals surface area contributed by atoms with Crippen LogP contribution in [0.25, 0.3) is 0 Å². The van der Waals surface area contributed by atoms with Gasteiger partial charge < -0.3 is 15.4 Å². The fraction of sp³-hybridized carbons (Fsp3) is 0.929. The molecule has 0 heterocycles. The maximum atomic E-state index is 12.3. The molecule has 1 fully saturated rings. The van der Waals surface area contributed by atoms with Gasteiger partial charge >= 0.3 is 0 Å². The van der Waals surface area contributed by atoms with Crippen LogP contribution in [0.2, 0.25) is 0 Å². The van der Waals surface area contributed by atoms with Crippen LogP contribution in [0, 0.1) is 0 Å². The molecule has 1 amide bonds. The highest BCUT2D eigenvalue weighted by molar-refractivity contribution is 5.77. The van der Waals surface area contributed by atoms with Crippen LogP contribution in [0.3, 0.4) is 0 Å². The first-order chi connectivity index (χ1) is 8.72. The first kappa shape index (κ1) is 15.4. The van der Waals surface area contributed by atoms with Gasteiger partial charge in [0.1, 0.15) is 0 Å². The quantitative estimate of drug-likeness (QED) is 0.757. The number of nitrogens with zero attached hydrogens (tertiary/aromatic N) is 1. The van der Waals surface area contributed by atoms with Gasteiger partial charge in [-0.2, -0.15) is 0 Å². The number of amides is 1. The summed E-state index contributed by atoms with van der Waals surface area (Å²) in [7, 11) is 0. The zero-order chi connectivity index (χ0) is 13.4. The fourth-order valence-electron chi connectivity index (χ4n) is 2.79. The van der Waals surface area contributed by atoms with Crippen molar-refractivity contribution in [3.63, 3.8) is 0 Å². The van der Waals surface area contributed by atoms with Crippen LogP contribution in [0.4, 0.5) is 0 Å². The molecule has 106 valence electrons. The molecule has 18 heavy (non-hydrogen) atoms. The Morgan fingerprint density at radius 3 is 2.50 bits per heavy atom. The van der Waals surface area contributed by atoms with Gasteiger partial charge in [0.15, 0.2) is 0 Å². The minimum Gasteiger partial charge on any atom is -0.377 e. The van der Waals surface area contributed by atoms with E-state index in [-0.39, 0.29) is 12.0 Å². The Bertz CT molecular complexity index is 240. The van der Waals surface area contributed by atoms with Crippen LogP contribution in [0.5, 0.6) is 0 Å². The lowest BCUT2D eigenvalue weighted by atomic mass is 9.94. The van der Waals surface area contributed by atoms with Crippen molar-refractivity contribution in [2.45, 2.75) is 64.5 Å². The van der Waals surface area contributed by atoms with E-state index < -0.39 is 0 Å². The van der Waals surface area contributed by atoms with Crippen LogP contribution in [0.1, 0.15) is 52.4 Å². The normalized spacial score (nSPS) is 18.6. The molecule has 4 heteroatoms. The number of hydrogen-bond acceptors (Lipinski definition) is 3. The predicted molar refractivity (Wildman–Crippen MR) is 73.3 cm³/mol. The molecule has 0 aromatic carbocycles. The number of carbonyl (C=O) groups is 1. The van der Waals surface area contributed by atoms with E-state index in [1.807, 2.05) is 11.8 Å². The second kappa shape index (κ2) is 8.48. The topological polar surface area (TPSA) is 55.6 Å². The highest BCUT2D eigenvalue weighted by Crippen LogP contribution is 2.23. The third-order valence-electron chi connectivity index (χ3n) is 3.74. The molecule has 1 saturated carbocycles. The first-order valence-electron chi connectivity index (χ1n) is 7.34. The van der Waals surface area contributed by atoms with Crippen LogP contribution < -0.4 is 5.73 Å². The average molecular weight is 256 g/mol. The van der Waals surface area contributed by atoms with Crippen LogP contribution in [0.15, 0.2) is 0 Å². The Kier molecular flexibility index (Phi) is 7.28. The zero-order valence-corrected chi connectivity index (χ0v) is 11.9. The molecule has 0 radical (unpaired) electrons. The van der Waals surface area contributed by atoms with Crippen molar-refractivity contribution >= 4 is 5.91 Å². The standard InChI is InChI=1S/C14H28N2O2/c1-3-16(12-8-6-5-7-9-12)14(17)10-13(11-15)18-4-2/h12-13H,3-11,15H2,1-2H3. The minimum absolute atomic E-state index is 0.125. The highest BCUT2D eigenvalue weighted by atomic mass is 16.5. The molecule has 0 aliphatic heterocycles. The molecule has 0 aromatic rings. The maximum Gasteiger partial charge on any atom is 0.225 e. The molecule has 1 atom stereocenters. The third kappa shape index (κ3) is 4.58. The number of rotatable bonds is 7. The summed E-state index contributed by atoms with van der Waals surface area (Å²) in [5.74, 6) is 0.202. The van der Waals surface area contributed by atoms with E-state index in [0.717, 1.165) is 19.4 Å². The van der Waals surface area contributed by atoms with Gasteiger partial charge in [0, 0.05) is 25.7 Å². The van der Waals surface area contributed by atoms with Gasteiger partial charge in [-0.05, 0) is 26.7 Å². The predicted octanol–water partition coefficient (Wildman–Crippen LogP) is 1.92. The molecule has 0 spiro atoms. The third-order valence-corrected chi connectivity index (χ3v) is 3.74. The molecule has 0 saturated heterocycles. The second-order valence-corrected chi connectivity index (χ2v) is 4.99. The maximum absolute atomic E-state index is 12.3. The van der Waals surface area contributed by atoms with Gasteiger partial charge in [-0.15, -0.1) is 0 Å². The van der Waals surface area contributed by atoms with E-state index in [2.05, 4.69) is 6.92 Å². The van der Waals surface area contributed by atoms with Gasteiger partial charge in [0.2, 0.25) is 5.91 Å². The summed E-state index contributed by atoms with van der Waals surface area (Å²) in [6.07, 6.45) is 6.42. The van der Waals surface area contributed by atoms with Crippen molar-refractivity contribution in [2.24, 2.45) is 5.73 Å². The fourth-order valence-corrected chi connectivity index (χ4v) is 2.79. The van der Waals surface area contributed by atoms with E-state index >= 15 is 0 Å². The molecule has 1 unspecified atom stereocenters. The molecule has 0 bridgehead atoms. The molecule has 0 aromatic heterocycles. The van der Waals surface area contributed by atoms with Crippen molar-refractivity contribution in [1.29, 1.82) is 0 Å². The molecule has 1 aliphatic carbocycles. The molecule has 4 nitrogen and oxygen atoms in total.